The topological polar surface area (TPSA) is 78.7 Å². The quantitative estimate of drug-likeness (QED) is 0.789. The molecule has 122 valence electrons. The van der Waals surface area contributed by atoms with Gasteiger partial charge in [0.1, 0.15) is 6.04 Å². The fourth-order valence-corrected chi connectivity index (χ4v) is 3.51. The molecule has 0 bridgehead atoms. The molecule has 2 aliphatic heterocycles. The largest absolute Gasteiger partial charge is 0.600 e. The van der Waals surface area contributed by atoms with Crippen LogP contribution in [0.15, 0.2) is 6.07 Å². The van der Waals surface area contributed by atoms with Gasteiger partial charge in [0.2, 0.25) is 12.5 Å². The van der Waals surface area contributed by atoms with Gasteiger partial charge in [0, 0.05) is 18.5 Å². The Kier molecular flexibility index (Phi) is 4.14. The van der Waals surface area contributed by atoms with Crippen LogP contribution >= 0.6 is 0 Å². The average molecular weight is 310 g/mol. The predicted octanol–water partition coefficient (Wildman–Crippen LogP) is 0.503. The van der Waals surface area contributed by atoms with E-state index in [0.717, 1.165) is 24.1 Å². The second-order valence-electron chi connectivity index (χ2n) is 5.74. The van der Waals surface area contributed by atoms with Crippen LogP contribution in [0.1, 0.15) is 30.5 Å². The minimum Gasteiger partial charge on any atom is -0.600 e. The Hall–Kier alpha value is -1.54. The molecule has 7 heteroatoms. The lowest BCUT2D eigenvalue weighted by molar-refractivity contribution is -1.07. The molecular formula is C15H22N2O5. The van der Waals surface area contributed by atoms with Crippen molar-refractivity contribution in [1.29, 1.82) is 0 Å². The van der Waals surface area contributed by atoms with E-state index in [-0.39, 0.29) is 12.8 Å². The first kappa shape index (κ1) is 15.4. The van der Waals surface area contributed by atoms with E-state index in [4.69, 9.17) is 14.2 Å². The molecule has 22 heavy (non-hydrogen) atoms. The maximum Gasteiger partial charge on any atom is 0.231 e. The minimum absolute atomic E-state index is 0.172. The van der Waals surface area contributed by atoms with Crippen LogP contribution in [0, 0.1) is 5.21 Å². The Morgan fingerprint density at radius 3 is 2.95 bits per heavy atom. The normalized spacial score (nSPS) is 23.0. The van der Waals surface area contributed by atoms with E-state index < -0.39 is 11.3 Å². The second kappa shape index (κ2) is 5.92. The van der Waals surface area contributed by atoms with Crippen LogP contribution in [0.5, 0.6) is 17.2 Å². The number of benzene rings is 1. The first-order chi connectivity index (χ1) is 10.6. The van der Waals surface area contributed by atoms with Crippen LogP contribution in [0.2, 0.25) is 0 Å². The molecule has 0 amide bonds. The van der Waals surface area contributed by atoms with E-state index >= 15 is 0 Å². The van der Waals surface area contributed by atoms with Crippen molar-refractivity contribution in [3.8, 4) is 17.2 Å². The van der Waals surface area contributed by atoms with Crippen molar-refractivity contribution in [2.24, 2.45) is 0 Å². The Labute approximate surface area is 129 Å². The Morgan fingerprint density at radius 2 is 2.32 bits per heavy atom. The van der Waals surface area contributed by atoms with Crippen LogP contribution in [0.25, 0.3) is 0 Å². The molecule has 0 spiro atoms. The summed E-state index contributed by atoms with van der Waals surface area (Å²) in [5.41, 5.74) is 2.01. The number of fused-ring (bicyclic) bond motifs is 2. The lowest BCUT2D eigenvalue weighted by Gasteiger charge is -2.41. The summed E-state index contributed by atoms with van der Waals surface area (Å²) >= 11 is 0. The number of likely N-dealkylation sites (N-methyl/N-ethyl adjacent to an activating group) is 1. The summed E-state index contributed by atoms with van der Waals surface area (Å²) in [5.74, 6) is 1.88. The van der Waals surface area contributed by atoms with Crippen molar-refractivity contribution >= 4 is 0 Å². The number of ether oxygens (including phenoxy) is 3. The smallest absolute Gasteiger partial charge is 0.231 e. The van der Waals surface area contributed by atoms with Gasteiger partial charge >= 0.3 is 0 Å². The van der Waals surface area contributed by atoms with Crippen molar-refractivity contribution in [3.05, 3.63) is 22.4 Å². The molecule has 3 rings (SSSR count). The molecule has 0 aromatic heterocycles. The average Bonchev–Trinajstić information content (AvgIpc) is 2.95. The van der Waals surface area contributed by atoms with Crippen molar-refractivity contribution in [1.82, 2.24) is 4.90 Å². The van der Waals surface area contributed by atoms with Gasteiger partial charge in [0.25, 0.3) is 0 Å². The van der Waals surface area contributed by atoms with Crippen molar-refractivity contribution in [2.75, 3.05) is 27.5 Å². The maximum atomic E-state index is 11.7. The fourth-order valence-electron chi connectivity index (χ4n) is 3.51. The van der Waals surface area contributed by atoms with Gasteiger partial charge < -0.3 is 19.4 Å². The summed E-state index contributed by atoms with van der Waals surface area (Å²) in [7, 11) is 3.55. The van der Waals surface area contributed by atoms with E-state index in [0.29, 0.717) is 23.7 Å². The van der Waals surface area contributed by atoms with Gasteiger partial charge in [-0.05, 0) is 25.1 Å². The molecule has 7 nitrogen and oxygen atoms in total. The molecular weight excluding hydrogens is 288 g/mol. The number of nitrogens with one attached hydrogen (secondary N) is 1. The van der Waals surface area contributed by atoms with E-state index in [9.17, 15) is 10.4 Å². The standard InChI is InChI=1S/C15H22N2O5/c1-4-10(17(18)19)13-12-9(5-6-16(13)2)7-11-14(15(12)20-3)22-8-21-11/h7,10,13,17-18H,4-6,8H2,1-3H3/t10-,13+/m0/s1. The summed E-state index contributed by atoms with van der Waals surface area (Å²) < 4.78 is 16.6. The van der Waals surface area contributed by atoms with Crippen molar-refractivity contribution in [2.45, 2.75) is 31.8 Å². The van der Waals surface area contributed by atoms with Crippen molar-refractivity contribution < 1.29 is 24.6 Å². The van der Waals surface area contributed by atoms with Gasteiger partial charge in [0.15, 0.2) is 11.5 Å². The summed E-state index contributed by atoms with van der Waals surface area (Å²) in [4.78, 5) is 2.09. The molecule has 1 aromatic rings. The van der Waals surface area contributed by atoms with Gasteiger partial charge in [-0.25, -0.2) is 10.4 Å². The SMILES string of the molecule is CC[C@@H]([C@@H]1c2c(cc3c(c2OC)OCO3)CCN1C)[NH+]([O-])O. The molecule has 0 fully saturated rings. The zero-order chi connectivity index (χ0) is 15.9. The van der Waals surface area contributed by atoms with E-state index in [2.05, 4.69) is 4.90 Å². The number of rotatable bonds is 4. The number of quaternary nitrogens is 1. The summed E-state index contributed by atoms with van der Waals surface area (Å²) in [6.07, 6.45) is 1.40. The minimum atomic E-state index is -0.785. The number of hydroxylamine groups is 2. The van der Waals surface area contributed by atoms with Gasteiger partial charge in [0.05, 0.1) is 13.2 Å². The van der Waals surface area contributed by atoms with Crippen LogP contribution in [0.3, 0.4) is 0 Å². The predicted molar refractivity (Wildman–Crippen MR) is 78.4 cm³/mol. The maximum absolute atomic E-state index is 11.7. The van der Waals surface area contributed by atoms with E-state index in [1.165, 1.54) is 0 Å². The molecule has 3 atom stereocenters. The molecule has 0 saturated heterocycles. The third kappa shape index (κ3) is 2.30. The van der Waals surface area contributed by atoms with Gasteiger partial charge in [-0.1, -0.05) is 6.92 Å². The molecule has 2 heterocycles. The number of hydrogen-bond donors (Lipinski definition) is 2. The molecule has 1 aromatic carbocycles. The molecule has 0 radical (unpaired) electrons. The number of methoxy groups -OCH3 is 1. The molecule has 2 aliphatic rings. The Bertz CT molecular complexity index is 563. The lowest BCUT2D eigenvalue weighted by Crippen LogP contribution is -3.10. The molecule has 2 N–H and O–H groups in total. The van der Waals surface area contributed by atoms with Crippen LogP contribution < -0.4 is 19.4 Å². The van der Waals surface area contributed by atoms with Crippen LogP contribution in [-0.4, -0.2) is 43.6 Å². The van der Waals surface area contributed by atoms with Gasteiger partial charge in [-0.3, -0.25) is 4.90 Å². The number of hydrogen-bond acceptors (Lipinski definition) is 6. The van der Waals surface area contributed by atoms with Crippen molar-refractivity contribution in [3.63, 3.8) is 0 Å². The zero-order valence-corrected chi connectivity index (χ0v) is 13.1. The monoisotopic (exact) mass is 310 g/mol. The molecule has 0 saturated carbocycles. The highest BCUT2D eigenvalue weighted by atomic mass is 16.8. The van der Waals surface area contributed by atoms with E-state index in [1.807, 2.05) is 20.0 Å². The van der Waals surface area contributed by atoms with E-state index in [1.54, 1.807) is 7.11 Å². The third-order valence-electron chi connectivity index (χ3n) is 4.59. The highest BCUT2D eigenvalue weighted by molar-refractivity contribution is 5.62. The highest BCUT2D eigenvalue weighted by Crippen LogP contribution is 2.49. The summed E-state index contributed by atoms with van der Waals surface area (Å²) in [5, 5.41) is 20.5. The highest BCUT2D eigenvalue weighted by Gasteiger charge is 2.40. The first-order valence-electron chi connectivity index (χ1n) is 7.50. The van der Waals surface area contributed by atoms with Crippen LogP contribution in [-0.2, 0) is 6.42 Å². The van der Waals surface area contributed by atoms with Gasteiger partial charge in [-0.15, -0.1) is 0 Å². The molecule has 1 unspecified atom stereocenters. The van der Waals surface area contributed by atoms with Gasteiger partial charge in [-0.2, -0.15) is 0 Å². The fraction of sp³-hybridized carbons (Fsp3) is 0.600. The third-order valence-corrected chi connectivity index (χ3v) is 4.59. The van der Waals surface area contributed by atoms with Crippen LogP contribution in [0.4, 0.5) is 0 Å². The zero-order valence-electron chi connectivity index (χ0n) is 13.1. The Morgan fingerprint density at radius 1 is 1.55 bits per heavy atom. The number of nitrogens with zero attached hydrogens (tertiary/aromatic N) is 1. The summed E-state index contributed by atoms with van der Waals surface area (Å²) in [6.45, 7) is 2.88. The Balaban J connectivity index is 2.16. The molecule has 0 aliphatic carbocycles. The summed E-state index contributed by atoms with van der Waals surface area (Å²) in [6, 6.07) is 1.25. The lowest BCUT2D eigenvalue weighted by atomic mass is 9.86. The second-order valence-corrected chi connectivity index (χ2v) is 5.74. The first-order valence-corrected chi connectivity index (χ1v) is 7.50.